The summed E-state index contributed by atoms with van der Waals surface area (Å²) in [4.78, 5) is 57.8. The molecule has 0 fully saturated rings. The molecule has 0 aliphatic rings. The first-order valence-electron chi connectivity index (χ1n) is 9.70. The minimum Gasteiger partial charge on any atom is -0.462 e. The summed E-state index contributed by atoms with van der Waals surface area (Å²) in [5, 5.41) is 0. The number of carbonyl (C=O) groups is 5. The summed E-state index contributed by atoms with van der Waals surface area (Å²) in [5.74, 6) is -2.97. The van der Waals surface area contributed by atoms with E-state index in [1.807, 2.05) is 6.92 Å². The molecule has 0 aromatic rings. The van der Waals surface area contributed by atoms with Crippen molar-refractivity contribution in [3.05, 3.63) is 12.2 Å². The van der Waals surface area contributed by atoms with E-state index in [1.165, 1.54) is 20.8 Å². The van der Waals surface area contributed by atoms with Gasteiger partial charge in [-0.1, -0.05) is 20.4 Å². The Hall–Kier alpha value is -2.51. The van der Waals surface area contributed by atoms with Crippen LogP contribution in [0, 0.1) is 5.92 Å². The molecular weight excluding hydrogens is 380 g/mol. The Balaban J connectivity index is 5.30. The molecule has 29 heavy (non-hydrogen) atoms. The van der Waals surface area contributed by atoms with Crippen LogP contribution in [0.3, 0.4) is 0 Å². The van der Waals surface area contributed by atoms with Crippen LogP contribution in [0.1, 0.15) is 66.7 Å². The van der Waals surface area contributed by atoms with E-state index < -0.39 is 36.0 Å². The van der Waals surface area contributed by atoms with Gasteiger partial charge in [-0.25, -0.2) is 4.79 Å². The van der Waals surface area contributed by atoms with E-state index in [-0.39, 0.29) is 43.0 Å². The van der Waals surface area contributed by atoms with E-state index in [4.69, 9.17) is 14.2 Å². The minimum atomic E-state index is -0.665. The first-order chi connectivity index (χ1) is 13.5. The van der Waals surface area contributed by atoms with Crippen molar-refractivity contribution < 1.29 is 38.2 Å². The second-order valence-electron chi connectivity index (χ2n) is 7.09. The third kappa shape index (κ3) is 11.8. The summed E-state index contributed by atoms with van der Waals surface area (Å²) >= 11 is 0. The lowest BCUT2D eigenvalue weighted by Crippen LogP contribution is -2.35. The predicted octanol–water partition coefficient (Wildman–Crippen LogP) is 2.71. The van der Waals surface area contributed by atoms with E-state index in [1.54, 1.807) is 6.92 Å². The number of hydrogen-bond donors (Lipinski definition) is 0. The van der Waals surface area contributed by atoms with Gasteiger partial charge in [0.2, 0.25) is 0 Å². The van der Waals surface area contributed by atoms with Gasteiger partial charge in [0.25, 0.3) is 0 Å². The average Bonchev–Trinajstić information content (AvgIpc) is 2.60. The van der Waals surface area contributed by atoms with E-state index in [2.05, 4.69) is 6.58 Å². The number of Topliss-reactive ketones (excluding diaryl/α,β-unsaturated/α-hetero) is 2. The Morgan fingerprint density at radius 2 is 1.34 bits per heavy atom. The van der Waals surface area contributed by atoms with Crippen molar-refractivity contribution in [2.45, 2.75) is 78.9 Å². The molecule has 0 N–H and O–H groups in total. The van der Waals surface area contributed by atoms with Crippen LogP contribution in [0.2, 0.25) is 0 Å². The van der Waals surface area contributed by atoms with Gasteiger partial charge in [0, 0.05) is 11.5 Å². The van der Waals surface area contributed by atoms with Crippen molar-refractivity contribution in [2.75, 3.05) is 6.61 Å². The smallest absolute Gasteiger partial charge is 0.333 e. The van der Waals surface area contributed by atoms with Gasteiger partial charge in [0.1, 0.15) is 36.6 Å². The Morgan fingerprint density at radius 3 is 1.76 bits per heavy atom. The maximum Gasteiger partial charge on any atom is 0.333 e. The molecule has 0 aliphatic carbocycles. The fourth-order valence-electron chi connectivity index (χ4n) is 2.63. The topological polar surface area (TPSA) is 113 Å². The summed E-state index contributed by atoms with van der Waals surface area (Å²) in [6.07, 6.45) is -0.717. The van der Waals surface area contributed by atoms with Gasteiger partial charge in [-0.15, -0.1) is 0 Å². The minimum absolute atomic E-state index is 0.0711. The molecule has 0 rings (SSSR count). The van der Waals surface area contributed by atoms with Gasteiger partial charge in [0.15, 0.2) is 0 Å². The molecule has 0 aliphatic heterocycles. The monoisotopic (exact) mass is 412 g/mol. The van der Waals surface area contributed by atoms with Gasteiger partial charge in [-0.2, -0.15) is 0 Å². The molecule has 0 radical (unpaired) electrons. The highest BCUT2D eigenvalue weighted by molar-refractivity contribution is 5.94. The molecule has 0 spiro atoms. The van der Waals surface area contributed by atoms with Crippen molar-refractivity contribution in [1.29, 1.82) is 0 Å². The van der Waals surface area contributed by atoms with Crippen LogP contribution in [0.4, 0.5) is 0 Å². The van der Waals surface area contributed by atoms with Gasteiger partial charge in [0.05, 0.1) is 6.61 Å². The summed E-state index contributed by atoms with van der Waals surface area (Å²) < 4.78 is 16.0. The molecule has 8 nitrogen and oxygen atoms in total. The van der Waals surface area contributed by atoms with Crippen molar-refractivity contribution in [3.63, 3.8) is 0 Å². The standard InChI is InChI=1S/C21H32O8/c1-7-17(28-19(24)9-14(5)22)11-16(12-27-21(26)13(3)4)18(8-2)29-20(25)10-15(6)23/h16-18H,3,7-12H2,1-2,4-6H3. The SMILES string of the molecule is C=C(C)C(=O)OCC(CC(CC)OC(=O)CC(C)=O)C(CC)OC(=O)CC(C)=O. The third-order valence-electron chi connectivity index (χ3n) is 4.09. The number of ketones is 2. The van der Waals surface area contributed by atoms with Crippen LogP contribution in [-0.4, -0.2) is 48.3 Å². The lowest BCUT2D eigenvalue weighted by molar-refractivity contribution is -0.161. The number of esters is 3. The quantitative estimate of drug-likeness (QED) is 0.185. The zero-order valence-corrected chi connectivity index (χ0v) is 17.9. The van der Waals surface area contributed by atoms with Gasteiger partial charge in [-0.3, -0.25) is 19.2 Å². The maximum atomic E-state index is 11.9. The van der Waals surface area contributed by atoms with Crippen molar-refractivity contribution >= 4 is 29.5 Å². The molecule has 0 aromatic heterocycles. The second kappa shape index (κ2) is 13.6. The molecule has 0 saturated heterocycles. The van der Waals surface area contributed by atoms with Crippen molar-refractivity contribution in [3.8, 4) is 0 Å². The summed E-state index contributed by atoms with van der Waals surface area (Å²) in [6.45, 7) is 11.2. The molecular formula is C21H32O8. The Labute approximate surface area is 171 Å². The Kier molecular flexibility index (Phi) is 12.5. The fourth-order valence-corrected chi connectivity index (χ4v) is 2.63. The van der Waals surface area contributed by atoms with Crippen LogP contribution in [0.25, 0.3) is 0 Å². The molecule has 3 atom stereocenters. The van der Waals surface area contributed by atoms with Gasteiger partial charge in [-0.05, 0) is 40.0 Å². The Bertz CT molecular complexity index is 622. The third-order valence-corrected chi connectivity index (χ3v) is 4.09. The molecule has 3 unspecified atom stereocenters. The van der Waals surface area contributed by atoms with E-state index >= 15 is 0 Å². The van der Waals surface area contributed by atoms with E-state index in [9.17, 15) is 24.0 Å². The summed E-state index contributed by atoms with van der Waals surface area (Å²) in [6, 6.07) is 0. The highest BCUT2D eigenvalue weighted by Crippen LogP contribution is 2.23. The lowest BCUT2D eigenvalue weighted by Gasteiger charge is -2.29. The van der Waals surface area contributed by atoms with E-state index in [0.717, 1.165) is 0 Å². The largest absolute Gasteiger partial charge is 0.462 e. The van der Waals surface area contributed by atoms with Crippen LogP contribution >= 0.6 is 0 Å². The lowest BCUT2D eigenvalue weighted by atomic mass is 9.93. The molecule has 0 heterocycles. The van der Waals surface area contributed by atoms with Gasteiger partial charge >= 0.3 is 17.9 Å². The number of hydrogen-bond acceptors (Lipinski definition) is 8. The van der Waals surface area contributed by atoms with Gasteiger partial charge < -0.3 is 14.2 Å². The van der Waals surface area contributed by atoms with Crippen molar-refractivity contribution in [2.24, 2.45) is 5.92 Å². The first kappa shape index (κ1) is 26.5. The predicted molar refractivity (Wildman–Crippen MR) is 105 cm³/mol. The molecule has 0 saturated carbocycles. The zero-order valence-electron chi connectivity index (χ0n) is 17.9. The average molecular weight is 412 g/mol. The van der Waals surface area contributed by atoms with Crippen LogP contribution in [0.15, 0.2) is 12.2 Å². The number of ether oxygens (including phenoxy) is 3. The fraction of sp³-hybridized carbons (Fsp3) is 0.667. The molecule has 0 bridgehead atoms. The summed E-state index contributed by atoms with van der Waals surface area (Å²) in [5.41, 5.74) is 0.227. The highest BCUT2D eigenvalue weighted by Gasteiger charge is 2.29. The number of rotatable bonds is 14. The van der Waals surface area contributed by atoms with Crippen LogP contribution < -0.4 is 0 Å². The first-order valence-corrected chi connectivity index (χ1v) is 9.70. The normalized spacial score (nSPS) is 13.6. The maximum absolute atomic E-state index is 11.9. The number of carbonyl (C=O) groups excluding carboxylic acids is 5. The van der Waals surface area contributed by atoms with E-state index in [0.29, 0.717) is 12.8 Å². The highest BCUT2D eigenvalue weighted by atomic mass is 16.6. The second-order valence-corrected chi connectivity index (χ2v) is 7.09. The van der Waals surface area contributed by atoms with Crippen LogP contribution in [0.5, 0.6) is 0 Å². The van der Waals surface area contributed by atoms with Crippen LogP contribution in [-0.2, 0) is 38.2 Å². The molecule has 0 aromatic carbocycles. The Morgan fingerprint density at radius 1 is 0.828 bits per heavy atom. The zero-order chi connectivity index (χ0) is 22.6. The molecule has 164 valence electrons. The summed E-state index contributed by atoms with van der Waals surface area (Å²) in [7, 11) is 0. The van der Waals surface area contributed by atoms with Crippen molar-refractivity contribution in [1.82, 2.24) is 0 Å². The molecule has 8 heteroatoms. The molecule has 0 amide bonds.